The number of carbonyl (C=O) groups excluding carboxylic acids is 2. The van der Waals surface area contributed by atoms with Crippen molar-refractivity contribution in [2.24, 2.45) is 5.92 Å². The molecule has 0 aromatic rings. The minimum Gasteiger partial charge on any atom is -0.481 e. The van der Waals surface area contributed by atoms with Gasteiger partial charge in [0.25, 0.3) is 0 Å². The largest absolute Gasteiger partial charge is 0.481 e. The lowest BCUT2D eigenvalue weighted by molar-refractivity contribution is -0.141. The highest BCUT2D eigenvalue weighted by Gasteiger charge is 2.10. The van der Waals surface area contributed by atoms with Crippen LogP contribution in [-0.4, -0.2) is 36.0 Å². The molecule has 0 aliphatic heterocycles. The number of amides is 2. The molecule has 0 radical (unpaired) electrons. The van der Waals surface area contributed by atoms with Crippen LogP contribution >= 0.6 is 0 Å². The van der Waals surface area contributed by atoms with E-state index in [4.69, 9.17) is 5.11 Å². The third-order valence-electron chi connectivity index (χ3n) is 2.05. The van der Waals surface area contributed by atoms with Crippen molar-refractivity contribution in [3.63, 3.8) is 0 Å². The summed E-state index contributed by atoms with van der Waals surface area (Å²) >= 11 is 0. The number of hydrogen-bond donors (Lipinski definition) is 3. The molecule has 0 aromatic carbocycles. The number of aliphatic carboxylic acids is 1. The number of nitrogens with one attached hydrogen (secondary N) is 2. The van der Waals surface area contributed by atoms with Crippen molar-refractivity contribution in [3.8, 4) is 0 Å². The Morgan fingerprint density at radius 3 is 2.31 bits per heavy atom. The van der Waals surface area contributed by atoms with Crippen molar-refractivity contribution in [1.82, 2.24) is 10.6 Å². The number of rotatable bonds is 7. The Labute approximate surface area is 94.4 Å². The summed E-state index contributed by atoms with van der Waals surface area (Å²) in [7, 11) is 0. The molecule has 0 aliphatic carbocycles. The Morgan fingerprint density at radius 2 is 1.81 bits per heavy atom. The molecule has 0 saturated heterocycles. The number of carboxylic acid groups (broad SMARTS) is 1. The summed E-state index contributed by atoms with van der Waals surface area (Å²) < 4.78 is 0. The van der Waals surface area contributed by atoms with Crippen LogP contribution in [-0.2, 0) is 14.4 Å². The summed E-state index contributed by atoms with van der Waals surface area (Å²) in [6, 6.07) is 0. The van der Waals surface area contributed by atoms with Gasteiger partial charge in [-0.25, -0.2) is 0 Å². The number of carbonyl (C=O) groups is 3. The summed E-state index contributed by atoms with van der Waals surface area (Å²) in [4.78, 5) is 32.1. The second-order valence-corrected chi connectivity index (χ2v) is 3.61. The van der Waals surface area contributed by atoms with Crippen molar-refractivity contribution in [1.29, 1.82) is 0 Å². The van der Waals surface area contributed by atoms with Crippen LogP contribution in [0.15, 0.2) is 0 Å². The molecule has 0 rings (SSSR count). The molecule has 1 unspecified atom stereocenters. The lowest BCUT2D eigenvalue weighted by atomic mass is 10.1. The van der Waals surface area contributed by atoms with Crippen molar-refractivity contribution in [2.75, 3.05) is 13.1 Å². The smallest absolute Gasteiger partial charge is 0.306 e. The zero-order chi connectivity index (χ0) is 12.6. The highest BCUT2D eigenvalue weighted by atomic mass is 16.4. The maximum absolute atomic E-state index is 11.2. The van der Waals surface area contributed by atoms with Gasteiger partial charge in [0.2, 0.25) is 11.8 Å². The first-order chi connectivity index (χ1) is 7.43. The van der Waals surface area contributed by atoms with Gasteiger partial charge in [0.15, 0.2) is 0 Å². The second kappa shape index (κ2) is 7.67. The maximum Gasteiger partial charge on any atom is 0.306 e. The van der Waals surface area contributed by atoms with Gasteiger partial charge in [-0.3, -0.25) is 14.4 Å². The van der Waals surface area contributed by atoms with Gasteiger partial charge in [-0.1, -0.05) is 6.92 Å². The zero-order valence-corrected chi connectivity index (χ0v) is 9.58. The Hall–Kier alpha value is -1.59. The van der Waals surface area contributed by atoms with E-state index < -0.39 is 11.9 Å². The SMILES string of the molecule is CC(=O)NCCC(=O)NCCC(C)C(=O)O. The van der Waals surface area contributed by atoms with Gasteiger partial charge in [-0.2, -0.15) is 0 Å². The molecule has 92 valence electrons. The molecular weight excluding hydrogens is 212 g/mol. The molecule has 0 saturated carbocycles. The molecule has 0 heterocycles. The average molecular weight is 230 g/mol. The van der Waals surface area contributed by atoms with Gasteiger partial charge >= 0.3 is 5.97 Å². The fourth-order valence-corrected chi connectivity index (χ4v) is 0.992. The summed E-state index contributed by atoms with van der Waals surface area (Å²) in [6.45, 7) is 3.61. The van der Waals surface area contributed by atoms with Gasteiger partial charge < -0.3 is 15.7 Å². The molecule has 2 amide bonds. The normalized spacial score (nSPS) is 11.6. The molecule has 3 N–H and O–H groups in total. The first-order valence-corrected chi connectivity index (χ1v) is 5.17. The fraction of sp³-hybridized carbons (Fsp3) is 0.700. The number of hydrogen-bond acceptors (Lipinski definition) is 3. The highest BCUT2D eigenvalue weighted by Crippen LogP contribution is 1.99. The van der Waals surface area contributed by atoms with Crippen LogP contribution in [0.2, 0.25) is 0 Å². The predicted molar refractivity (Wildman–Crippen MR) is 57.7 cm³/mol. The Balaban J connectivity index is 3.51. The summed E-state index contributed by atoms with van der Waals surface area (Å²) in [5.74, 6) is -1.69. The maximum atomic E-state index is 11.2. The third-order valence-corrected chi connectivity index (χ3v) is 2.05. The summed E-state index contributed by atoms with van der Waals surface area (Å²) in [6.07, 6.45) is 0.613. The van der Waals surface area contributed by atoms with Gasteiger partial charge in [-0.05, 0) is 6.42 Å². The topological polar surface area (TPSA) is 95.5 Å². The minimum atomic E-state index is -0.868. The summed E-state index contributed by atoms with van der Waals surface area (Å²) in [5, 5.41) is 13.7. The summed E-state index contributed by atoms with van der Waals surface area (Å²) in [5.41, 5.74) is 0. The molecule has 0 aliphatic rings. The van der Waals surface area contributed by atoms with Crippen molar-refractivity contribution in [3.05, 3.63) is 0 Å². The molecule has 6 nitrogen and oxygen atoms in total. The molecular formula is C10H18N2O4. The van der Waals surface area contributed by atoms with E-state index in [-0.39, 0.29) is 18.2 Å². The van der Waals surface area contributed by atoms with Crippen LogP contribution in [0.1, 0.15) is 26.7 Å². The van der Waals surface area contributed by atoms with E-state index in [0.29, 0.717) is 19.5 Å². The van der Waals surface area contributed by atoms with Gasteiger partial charge in [0.1, 0.15) is 0 Å². The average Bonchev–Trinajstić information content (AvgIpc) is 2.16. The van der Waals surface area contributed by atoms with E-state index in [0.717, 1.165) is 0 Å². The zero-order valence-electron chi connectivity index (χ0n) is 9.58. The molecule has 6 heteroatoms. The molecule has 0 aromatic heterocycles. The fourth-order valence-electron chi connectivity index (χ4n) is 0.992. The molecule has 1 atom stereocenters. The predicted octanol–water partition coefficient (Wildman–Crippen LogP) is -0.260. The van der Waals surface area contributed by atoms with Crippen LogP contribution in [0.5, 0.6) is 0 Å². The lowest BCUT2D eigenvalue weighted by Crippen LogP contribution is -2.31. The van der Waals surface area contributed by atoms with Crippen LogP contribution in [0.25, 0.3) is 0 Å². The van der Waals surface area contributed by atoms with Crippen molar-refractivity contribution < 1.29 is 19.5 Å². The standard InChI is InChI=1S/C10H18N2O4/c1-7(10(15)16)3-5-12-9(14)4-6-11-8(2)13/h7H,3-6H2,1-2H3,(H,11,13)(H,12,14)(H,15,16). The van der Waals surface area contributed by atoms with Crippen molar-refractivity contribution in [2.45, 2.75) is 26.7 Å². The van der Waals surface area contributed by atoms with Crippen LogP contribution < -0.4 is 10.6 Å². The molecule has 0 spiro atoms. The van der Waals surface area contributed by atoms with E-state index in [1.807, 2.05) is 0 Å². The highest BCUT2D eigenvalue weighted by molar-refractivity contribution is 5.77. The second-order valence-electron chi connectivity index (χ2n) is 3.61. The van der Waals surface area contributed by atoms with Crippen LogP contribution in [0.4, 0.5) is 0 Å². The molecule has 0 bridgehead atoms. The third kappa shape index (κ3) is 7.78. The van der Waals surface area contributed by atoms with Gasteiger partial charge in [-0.15, -0.1) is 0 Å². The first kappa shape index (κ1) is 14.4. The van der Waals surface area contributed by atoms with Crippen molar-refractivity contribution >= 4 is 17.8 Å². The minimum absolute atomic E-state index is 0.174. The lowest BCUT2D eigenvalue weighted by Gasteiger charge is -2.07. The van der Waals surface area contributed by atoms with Crippen LogP contribution in [0.3, 0.4) is 0 Å². The van der Waals surface area contributed by atoms with E-state index in [1.54, 1.807) is 6.92 Å². The number of carboxylic acids is 1. The van der Waals surface area contributed by atoms with E-state index in [1.165, 1.54) is 6.92 Å². The monoisotopic (exact) mass is 230 g/mol. The Bertz CT molecular complexity index is 266. The quantitative estimate of drug-likeness (QED) is 0.561. The Morgan fingerprint density at radius 1 is 1.19 bits per heavy atom. The first-order valence-electron chi connectivity index (χ1n) is 5.17. The van der Waals surface area contributed by atoms with Gasteiger partial charge in [0, 0.05) is 26.4 Å². The molecule has 16 heavy (non-hydrogen) atoms. The van der Waals surface area contributed by atoms with E-state index in [2.05, 4.69) is 10.6 Å². The van der Waals surface area contributed by atoms with E-state index >= 15 is 0 Å². The van der Waals surface area contributed by atoms with Gasteiger partial charge in [0.05, 0.1) is 5.92 Å². The van der Waals surface area contributed by atoms with E-state index in [9.17, 15) is 14.4 Å². The Kier molecular flexibility index (Phi) is 6.91. The molecule has 0 fully saturated rings. The van der Waals surface area contributed by atoms with Crippen LogP contribution in [0, 0.1) is 5.92 Å².